The van der Waals surface area contributed by atoms with Gasteiger partial charge in [0.2, 0.25) is 0 Å². The number of fused-ring (bicyclic) bond motifs is 2. The van der Waals surface area contributed by atoms with Crippen LogP contribution in [0.15, 0.2) is 33.9 Å². The normalized spacial score (nSPS) is 26.5. The summed E-state index contributed by atoms with van der Waals surface area (Å²) in [5.41, 5.74) is 10.5. The fourth-order valence-corrected chi connectivity index (χ4v) is 9.36. The molecule has 0 saturated carbocycles. The number of thioether (sulfide) groups is 1. The van der Waals surface area contributed by atoms with Gasteiger partial charge >= 0.3 is 6.01 Å². The van der Waals surface area contributed by atoms with E-state index in [1.807, 2.05) is 23.9 Å². The Labute approximate surface area is 301 Å². The number of halogens is 3. The summed E-state index contributed by atoms with van der Waals surface area (Å²) in [6, 6.07) is 6.20. The first-order valence-corrected chi connectivity index (χ1v) is 19.3. The average molecular weight is 733 g/mol. The van der Waals surface area contributed by atoms with Crippen LogP contribution in [0, 0.1) is 0 Å². The summed E-state index contributed by atoms with van der Waals surface area (Å²) in [5.74, 6) is 2.19. The fraction of sp³-hybridized carbons (Fsp3) is 0.600. The number of nitrogens with two attached hydrogens (primary N) is 1. The second-order valence-electron chi connectivity index (χ2n) is 13.5. The van der Waals surface area contributed by atoms with E-state index in [2.05, 4.69) is 22.8 Å². The summed E-state index contributed by atoms with van der Waals surface area (Å²) in [5, 5.41) is 0.907. The third-order valence-electron chi connectivity index (χ3n) is 10.5. The van der Waals surface area contributed by atoms with Gasteiger partial charge in [0, 0.05) is 67.7 Å². The minimum Gasteiger partial charge on any atom is -0.461 e. The van der Waals surface area contributed by atoms with E-state index >= 15 is 0 Å². The molecule has 0 aliphatic carbocycles. The lowest BCUT2D eigenvalue weighted by Crippen LogP contribution is -2.43. The molecule has 5 aliphatic rings. The van der Waals surface area contributed by atoms with E-state index in [1.165, 1.54) is 0 Å². The van der Waals surface area contributed by atoms with Crippen LogP contribution in [0.25, 0.3) is 0 Å². The van der Waals surface area contributed by atoms with Crippen LogP contribution in [-0.2, 0) is 29.0 Å². The van der Waals surface area contributed by atoms with Gasteiger partial charge in [0.05, 0.1) is 41.2 Å². The Hall–Kier alpha value is -2.64. The van der Waals surface area contributed by atoms with E-state index in [9.17, 15) is 9.18 Å². The monoisotopic (exact) mass is 731 g/mol. The van der Waals surface area contributed by atoms with Crippen LogP contribution in [0.2, 0.25) is 5.02 Å². The Kier molecular flexibility index (Phi) is 10.6. The van der Waals surface area contributed by atoms with Crippen LogP contribution in [0.1, 0.15) is 61.1 Å². The molecule has 6 heterocycles. The van der Waals surface area contributed by atoms with Gasteiger partial charge in [-0.2, -0.15) is 21.7 Å². The zero-order valence-electron chi connectivity index (χ0n) is 27.9. The molecule has 0 bridgehead atoms. The molecule has 7 rings (SSSR count). The summed E-state index contributed by atoms with van der Waals surface area (Å²) >= 11 is 15.3. The van der Waals surface area contributed by atoms with E-state index in [0.29, 0.717) is 76.9 Å². The van der Waals surface area contributed by atoms with Gasteiger partial charge < -0.3 is 25.0 Å². The van der Waals surface area contributed by atoms with Gasteiger partial charge in [-0.15, -0.1) is 0 Å². The summed E-state index contributed by atoms with van der Waals surface area (Å²) in [4.78, 5) is 34.1. The van der Waals surface area contributed by atoms with Crippen molar-refractivity contribution in [2.24, 2.45) is 10.7 Å². The van der Waals surface area contributed by atoms with E-state index < -0.39 is 6.17 Å². The van der Waals surface area contributed by atoms with Crippen molar-refractivity contribution >= 4 is 52.4 Å². The van der Waals surface area contributed by atoms with Gasteiger partial charge in [0.15, 0.2) is 0 Å². The van der Waals surface area contributed by atoms with Crippen molar-refractivity contribution in [1.82, 2.24) is 19.8 Å². The van der Waals surface area contributed by atoms with Gasteiger partial charge in [0.25, 0.3) is 5.91 Å². The number of rotatable bonds is 8. The predicted molar refractivity (Wildman–Crippen MR) is 193 cm³/mol. The Morgan fingerprint density at radius 1 is 1.20 bits per heavy atom. The van der Waals surface area contributed by atoms with Crippen molar-refractivity contribution in [2.45, 2.75) is 69.9 Å². The minimum atomic E-state index is -0.854. The largest absolute Gasteiger partial charge is 0.461 e. The Morgan fingerprint density at radius 2 is 2.04 bits per heavy atom. The number of amides is 1. The fourth-order valence-electron chi connectivity index (χ4n) is 7.94. The van der Waals surface area contributed by atoms with Crippen LogP contribution in [0.4, 0.5) is 10.2 Å². The smallest absolute Gasteiger partial charge is 0.318 e. The number of carbonyl (C=O) groups is 1. The highest BCUT2D eigenvalue weighted by molar-refractivity contribution is 7.99. The highest BCUT2D eigenvalue weighted by Crippen LogP contribution is 2.41. The molecule has 49 heavy (non-hydrogen) atoms. The summed E-state index contributed by atoms with van der Waals surface area (Å²) in [6.45, 7) is 6.83. The van der Waals surface area contributed by atoms with Crippen molar-refractivity contribution in [2.75, 3.05) is 68.8 Å². The van der Waals surface area contributed by atoms with Crippen molar-refractivity contribution in [3.8, 4) is 6.01 Å². The number of nitrogens with zero attached hydrogens (tertiary/aromatic N) is 6. The standard InChI is InChI=1S/C35H44Cl2FN7O3S/c1-2-23-24(6-3-7-26(23)36)29-16-27-25(20-47-29)32(42-34(41-27)48-21-35-8-4-11-45(35)18-22(38)17-35)44-10-5-9-40-28(19-44)30(37)31(39)33(46)43-12-14-49-15-13-43/h3,6-7,22,29H,2,4-5,8-21,39H2,1H3/b31-30+/t22?,29?,35-/m0/s1. The van der Waals surface area contributed by atoms with Gasteiger partial charge in [-0.1, -0.05) is 42.3 Å². The maximum Gasteiger partial charge on any atom is 0.318 e. The molecular formula is C35H44Cl2FN7O3S. The van der Waals surface area contributed by atoms with Crippen LogP contribution in [-0.4, -0.2) is 107 Å². The van der Waals surface area contributed by atoms with E-state index in [1.54, 1.807) is 4.90 Å². The predicted octanol–water partition coefficient (Wildman–Crippen LogP) is 5.10. The Balaban J connectivity index is 1.20. The molecule has 0 spiro atoms. The van der Waals surface area contributed by atoms with Crippen molar-refractivity contribution in [3.63, 3.8) is 0 Å². The van der Waals surface area contributed by atoms with Crippen molar-refractivity contribution < 1.29 is 18.7 Å². The molecular weight excluding hydrogens is 688 g/mol. The third-order valence-corrected chi connectivity index (χ3v) is 12.2. The second kappa shape index (κ2) is 14.9. The Bertz CT molecular complexity index is 1640. The molecule has 3 fully saturated rings. The summed E-state index contributed by atoms with van der Waals surface area (Å²) < 4.78 is 27.5. The molecule has 2 unspecified atom stereocenters. The lowest BCUT2D eigenvalue weighted by Gasteiger charge is -2.33. The molecule has 3 atom stereocenters. The highest BCUT2D eigenvalue weighted by Gasteiger charge is 2.49. The van der Waals surface area contributed by atoms with Gasteiger partial charge in [-0.25, -0.2) is 4.39 Å². The van der Waals surface area contributed by atoms with Gasteiger partial charge in [-0.3, -0.25) is 14.7 Å². The number of aromatic nitrogens is 2. The first-order valence-electron chi connectivity index (χ1n) is 17.4. The number of ether oxygens (including phenoxy) is 2. The van der Waals surface area contributed by atoms with E-state index in [0.717, 1.165) is 71.1 Å². The number of carbonyl (C=O) groups excluding carboxylic acids is 1. The van der Waals surface area contributed by atoms with Gasteiger partial charge in [-0.05, 0) is 49.4 Å². The zero-order valence-corrected chi connectivity index (χ0v) is 30.3. The maximum absolute atomic E-state index is 14.6. The summed E-state index contributed by atoms with van der Waals surface area (Å²) in [6.07, 6.45) is 3.34. The number of hydrogen-bond acceptors (Lipinski definition) is 10. The number of alkyl halides is 1. The molecule has 5 aliphatic heterocycles. The summed E-state index contributed by atoms with van der Waals surface area (Å²) in [7, 11) is 0. The maximum atomic E-state index is 14.6. The lowest BCUT2D eigenvalue weighted by atomic mass is 9.94. The SMILES string of the molecule is CCc1c(Cl)cccc1C1Cc2nc(OC[C@@]34CCCN3CC(F)C4)nc(N3CCCN=C(/C(Cl)=C(\N)C(=O)N4CCSCC4)C3)c2CO1. The molecule has 1 amide bonds. The van der Waals surface area contributed by atoms with Crippen molar-refractivity contribution in [3.05, 3.63) is 56.3 Å². The quantitative estimate of drug-likeness (QED) is 0.371. The van der Waals surface area contributed by atoms with Crippen molar-refractivity contribution in [1.29, 1.82) is 0 Å². The van der Waals surface area contributed by atoms with E-state index in [4.69, 9.17) is 53.4 Å². The van der Waals surface area contributed by atoms with E-state index in [-0.39, 0.29) is 34.3 Å². The molecule has 0 radical (unpaired) electrons. The lowest BCUT2D eigenvalue weighted by molar-refractivity contribution is -0.126. The Morgan fingerprint density at radius 3 is 2.86 bits per heavy atom. The number of anilines is 1. The van der Waals surface area contributed by atoms with Crippen LogP contribution in [0.3, 0.4) is 0 Å². The molecule has 3 saturated heterocycles. The molecule has 10 nitrogen and oxygen atoms in total. The topological polar surface area (TPSA) is 109 Å². The van der Waals surface area contributed by atoms with Crippen LogP contribution in [0.5, 0.6) is 6.01 Å². The van der Waals surface area contributed by atoms with Gasteiger partial charge in [0.1, 0.15) is 24.3 Å². The molecule has 264 valence electrons. The number of hydrogen-bond donors (Lipinski definition) is 1. The highest BCUT2D eigenvalue weighted by atomic mass is 35.5. The molecule has 14 heteroatoms. The average Bonchev–Trinajstić information content (AvgIpc) is 3.53. The number of aliphatic imine (C=N–C) groups is 1. The van der Waals surface area contributed by atoms with Crippen LogP contribution < -0.4 is 15.4 Å². The van der Waals surface area contributed by atoms with Crippen LogP contribution >= 0.6 is 35.0 Å². The zero-order chi connectivity index (χ0) is 34.1. The third kappa shape index (κ3) is 7.13. The molecule has 2 N–H and O–H groups in total. The second-order valence-corrected chi connectivity index (χ2v) is 15.5. The first-order chi connectivity index (χ1) is 23.8. The molecule has 1 aromatic heterocycles. The molecule has 1 aromatic carbocycles. The number of benzene rings is 1. The minimum absolute atomic E-state index is 0.0189. The molecule has 2 aromatic rings. The first kappa shape index (κ1) is 34.8.